The number of phenolic OH excluding ortho intramolecular Hbond substituents is 1. The van der Waals surface area contributed by atoms with E-state index < -0.39 is 6.04 Å². The molecule has 1 aromatic heterocycles. The Kier molecular flexibility index (Phi) is 5.44. The number of H-pyrrole nitrogens is 1. The standard InChI is InChI=1S/C23H26N4O3/c1-3-24-22(29)20-8-5-9-27(20)23(30)17-12-16-18(25-26-19(16)13-21(17)28)11-15-7-4-6-14(2)10-15/h4,6-7,10,12-13,20,28H,3,5,8-9,11H2,1-2H3,(H,24,29)(H,25,26). The molecule has 0 saturated carbocycles. The van der Waals surface area contributed by atoms with Crippen LogP contribution in [-0.4, -0.2) is 51.1 Å². The van der Waals surface area contributed by atoms with Crippen LogP contribution in [0.25, 0.3) is 10.9 Å². The van der Waals surface area contributed by atoms with E-state index in [4.69, 9.17) is 0 Å². The summed E-state index contributed by atoms with van der Waals surface area (Å²) in [5.74, 6) is -0.596. The normalized spacial score (nSPS) is 16.2. The smallest absolute Gasteiger partial charge is 0.258 e. The highest BCUT2D eigenvalue weighted by molar-refractivity contribution is 6.03. The first kappa shape index (κ1) is 19.9. The molecule has 2 aromatic carbocycles. The fraction of sp³-hybridized carbons (Fsp3) is 0.348. The molecule has 0 aliphatic carbocycles. The molecule has 1 aliphatic rings. The number of hydrogen-bond donors (Lipinski definition) is 3. The van der Waals surface area contributed by atoms with Crippen LogP contribution in [0.1, 0.15) is 46.9 Å². The van der Waals surface area contributed by atoms with Crippen molar-refractivity contribution in [2.24, 2.45) is 0 Å². The van der Waals surface area contributed by atoms with E-state index in [0.29, 0.717) is 31.4 Å². The van der Waals surface area contributed by atoms with Crippen LogP contribution in [0.5, 0.6) is 5.75 Å². The molecule has 1 atom stereocenters. The van der Waals surface area contributed by atoms with Gasteiger partial charge in [-0.05, 0) is 38.3 Å². The second-order valence-corrected chi connectivity index (χ2v) is 7.81. The fourth-order valence-electron chi connectivity index (χ4n) is 4.16. The lowest BCUT2D eigenvalue weighted by Gasteiger charge is -2.24. The van der Waals surface area contributed by atoms with E-state index in [2.05, 4.69) is 21.6 Å². The molecule has 1 saturated heterocycles. The summed E-state index contributed by atoms with van der Waals surface area (Å²) in [6.07, 6.45) is 2.04. The summed E-state index contributed by atoms with van der Waals surface area (Å²) < 4.78 is 0. The molecule has 1 fully saturated rings. The number of aromatic nitrogens is 2. The summed E-state index contributed by atoms with van der Waals surface area (Å²) in [5, 5.41) is 21.4. The van der Waals surface area contributed by atoms with E-state index in [1.54, 1.807) is 11.0 Å². The molecule has 156 valence electrons. The van der Waals surface area contributed by atoms with Gasteiger partial charge in [-0.25, -0.2) is 0 Å². The Balaban J connectivity index is 1.66. The van der Waals surface area contributed by atoms with Gasteiger partial charge in [-0.2, -0.15) is 5.10 Å². The first-order valence-electron chi connectivity index (χ1n) is 10.3. The lowest BCUT2D eigenvalue weighted by atomic mass is 10.0. The van der Waals surface area contributed by atoms with Crippen molar-refractivity contribution in [3.05, 3.63) is 58.8 Å². The zero-order chi connectivity index (χ0) is 21.3. The summed E-state index contributed by atoms with van der Waals surface area (Å²) in [6, 6.07) is 10.9. The number of aromatic hydroxyl groups is 1. The van der Waals surface area contributed by atoms with Crippen LogP contribution in [0.2, 0.25) is 0 Å². The quantitative estimate of drug-likeness (QED) is 0.607. The second-order valence-electron chi connectivity index (χ2n) is 7.81. The molecule has 1 unspecified atom stereocenters. The van der Waals surface area contributed by atoms with Gasteiger partial charge in [0.2, 0.25) is 5.91 Å². The first-order chi connectivity index (χ1) is 14.5. The van der Waals surface area contributed by atoms with Gasteiger partial charge in [-0.15, -0.1) is 0 Å². The number of aromatic amines is 1. The summed E-state index contributed by atoms with van der Waals surface area (Å²) in [7, 11) is 0. The van der Waals surface area contributed by atoms with Crippen molar-refractivity contribution in [2.45, 2.75) is 39.2 Å². The Labute approximate surface area is 175 Å². The topological polar surface area (TPSA) is 98.3 Å². The summed E-state index contributed by atoms with van der Waals surface area (Å²) in [5.41, 5.74) is 4.00. The van der Waals surface area contributed by atoms with Crippen LogP contribution >= 0.6 is 0 Å². The molecule has 4 rings (SSSR count). The van der Waals surface area contributed by atoms with E-state index in [1.807, 2.05) is 32.0 Å². The van der Waals surface area contributed by atoms with Crippen molar-refractivity contribution in [3.8, 4) is 5.75 Å². The van der Waals surface area contributed by atoms with Crippen LogP contribution in [-0.2, 0) is 11.2 Å². The maximum atomic E-state index is 13.2. The third kappa shape index (κ3) is 3.75. The van der Waals surface area contributed by atoms with Crippen LogP contribution < -0.4 is 5.32 Å². The number of hydrogen-bond acceptors (Lipinski definition) is 4. The lowest BCUT2D eigenvalue weighted by Crippen LogP contribution is -2.45. The average Bonchev–Trinajstić information content (AvgIpc) is 3.35. The second kappa shape index (κ2) is 8.18. The predicted octanol–water partition coefficient (Wildman–Crippen LogP) is 2.91. The maximum Gasteiger partial charge on any atom is 0.258 e. The molecular formula is C23H26N4O3. The van der Waals surface area contributed by atoms with Gasteiger partial charge in [0, 0.05) is 36.7 Å². The van der Waals surface area contributed by atoms with Crippen molar-refractivity contribution in [2.75, 3.05) is 13.1 Å². The van der Waals surface area contributed by atoms with Crippen LogP contribution in [0.15, 0.2) is 36.4 Å². The molecule has 0 spiro atoms. The zero-order valence-electron chi connectivity index (χ0n) is 17.2. The Morgan fingerprint density at radius 1 is 1.30 bits per heavy atom. The lowest BCUT2D eigenvalue weighted by molar-refractivity contribution is -0.124. The molecular weight excluding hydrogens is 380 g/mol. The number of amides is 2. The fourth-order valence-corrected chi connectivity index (χ4v) is 4.16. The molecule has 2 amide bonds. The number of likely N-dealkylation sites (tertiary alicyclic amines) is 1. The van der Waals surface area contributed by atoms with Gasteiger partial charge >= 0.3 is 0 Å². The highest BCUT2D eigenvalue weighted by atomic mass is 16.3. The minimum atomic E-state index is -0.497. The summed E-state index contributed by atoms with van der Waals surface area (Å²) in [6.45, 7) is 4.92. The zero-order valence-corrected chi connectivity index (χ0v) is 17.2. The van der Waals surface area contributed by atoms with Gasteiger partial charge in [0.15, 0.2) is 0 Å². The number of rotatable bonds is 5. The van der Waals surface area contributed by atoms with Gasteiger partial charge in [0.25, 0.3) is 5.91 Å². The number of benzene rings is 2. The van der Waals surface area contributed by atoms with E-state index in [-0.39, 0.29) is 23.1 Å². The molecule has 7 heteroatoms. The number of nitrogens with one attached hydrogen (secondary N) is 2. The van der Waals surface area contributed by atoms with Crippen molar-refractivity contribution in [3.63, 3.8) is 0 Å². The van der Waals surface area contributed by atoms with E-state index >= 15 is 0 Å². The molecule has 1 aliphatic heterocycles. The third-order valence-electron chi connectivity index (χ3n) is 5.61. The molecule has 2 heterocycles. The van der Waals surface area contributed by atoms with E-state index in [0.717, 1.165) is 23.1 Å². The Bertz CT molecular complexity index is 1110. The van der Waals surface area contributed by atoms with Gasteiger partial charge in [-0.3, -0.25) is 14.7 Å². The largest absolute Gasteiger partial charge is 0.507 e. The molecule has 7 nitrogen and oxygen atoms in total. The third-order valence-corrected chi connectivity index (χ3v) is 5.61. The highest BCUT2D eigenvalue weighted by Crippen LogP contribution is 2.30. The summed E-state index contributed by atoms with van der Waals surface area (Å²) >= 11 is 0. The van der Waals surface area contributed by atoms with Gasteiger partial charge in [0.05, 0.1) is 11.1 Å². The van der Waals surface area contributed by atoms with Crippen molar-refractivity contribution >= 4 is 22.7 Å². The predicted molar refractivity (Wildman–Crippen MR) is 114 cm³/mol. The Morgan fingerprint density at radius 3 is 2.90 bits per heavy atom. The van der Waals surface area contributed by atoms with Gasteiger partial charge in [0.1, 0.15) is 11.8 Å². The van der Waals surface area contributed by atoms with Crippen molar-refractivity contribution < 1.29 is 14.7 Å². The maximum absolute atomic E-state index is 13.2. The molecule has 30 heavy (non-hydrogen) atoms. The Morgan fingerprint density at radius 2 is 2.13 bits per heavy atom. The molecule has 3 N–H and O–H groups in total. The number of carbonyl (C=O) groups excluding carboxylic acids is 2. The van der Waals surface area contributed by atoms with Crippen molar-refractivity contribution in [1.29, 1.82) is 0 Å². The number of nitrogens with zero attached hydrogens (tertiary/aromatic N) is 2. The minimum Gasteiger partial charge on any atom is -0.507 e. The highest BCUT2D eigenvalue weighted by Gasteiger charge is 2.35. The molecule has 3 aromatic rings. The number of carbonyl (C=O) groups is 2. The van der Waals surface area contributed by atoms with Crippen molar-refractivity contribution in [1.82, 2.24) is 20.4 Å². The number of fused-ring (bicyclic) bond motifs is 1. The Hall–Kier alpha value is -3.35. The SMILES string of the molecule is CCNC(=O)C1CCCN1C(=O)c1cc2c(Cc3cccc(C)c3)[nH]nc2cc1O. The van der Waals surface area contributed by atoms with Gasteiger partial charge < -0.3 is 15.3 Å². The van der Waals surface area contributed by atoms with Crippen LogP contribution in [0.3, 0.4) is 0 Å². The number of phenols is 1. The first-order valence-corrected chi connectivity index (χ1v) is 10.3. The van der Waals surface area contributed by atoms with Gasteiger partial charge in [-0.1, -0.05) is 29.8 Å². The summed E-state index contributed by atoms with van der Waals surface area (Å²) in [4.78, 5) is 27.1. The number of aryl methyl sites for hydroxylation is 1. The molecule has 0 bridgehead atoms. The minimum absolute atomic E-state index is 0.123. The number of likely N-dealkylation sites (N-methyl/N-ethyl adjacent to an activating group) is 1. The van der Waals surface area contributed by atoms with E-state index in [9.17, 15) is 14.7 Å². The van der Waals surface area contributed by atoms with Crippen LogP contribution in [0.4, 0.5) is 0 Å². The molecule has 0 radical (unpaired) electrons. The van der Waals surface area contributed by atoms with Crippen LogP contribution in [0, 0.1) is 6.92 Å². The average molecular weight is 406 g/mol. The van der Waals surface area contributed by atoms with E-state index in [1.165, 1.54) is 11.6 Å². The monoisotopic (exact) mass is 406 g/mol.